The van der Waals surface area contributed by atoms with Crippen LogP contribution in [0.2, 0.25) is 0 Å². The number of benzene rings is 3. The van der Waals surface area contributed by atoms with E-state index in [1.165, 1.54) is 11.3 Å². The number of fused-ring (bicyclic) bond motifs is 1. The van der Waals surface area contributed by atoms with Crippen molar-refractivity contribution < 1.29 is 13.2 Å². The van der Waals surface area contributed by atoms with Gasteiger partial charge in [-0.05, 0) is 29.5 Å². The molecule has 4 rings (SSSR count). The van der Waals surface area contributed by atoms with Gasteiger partial charge in [0.25, 0.3) is 0 Å². The molecule has 0 aliphatic rings. The van der Waals surface area contributed by atoms with Crippen LogP contribution in [0.5, 0.6) is 0 Å². The van der Waals surface area contributed by atoms with Crippen molar-refractivity contribution in [2.24, 2.45) is 5.92 Å². The summed E-state index contributed by atoms with van der Waals surface area (Å²) in [5, 5.41) is 13.3. The Hall–Kier alpha value is -2.66. The third-order valence-corrected chi connectivity index (χ3v) is 8.48. The Morgan fingerprint density at radius 1 is 1.03 bits per heavy atom. The average Bonchev–Trinajstić information content (AvgIpc) is 3.30. The van der Waals surface area contributed by atoms with Gasteiger partial charge < -0.3 is 0 Å². The molecule has 2 N–H and O–H groups in total. The molecule has 0 saturated carbocycles. The minimum atomic E-state index is -3.97. The van der Waals surface area contributed by atoms with Crippen LogP contribution in [-0.2, 0) is 14.8 Å². The van der Waals surface area contributed by atoms with E-state index in [1.54, 1.807) is 24.3 Å². The molecule has 0 bridgehead atoms. The number of sulfonamides is 1. The first-order valence-electron chi connectivity index (χ1n) is 10.7. The Labute approximate surface area is 210 Å². The van der Waals surface area contributed by atoms with Crippen molar-refractivity contribution in [1.82, 2.24) is 14.9 Å². The first-order valence-corrected chi connectivity index (χ1v) is 13.8. The molecule has 0 unspecified atom stereocenters. The highest BCUT2D eigenvalue weighted by Gasteiger charge is 2.31. The Balaban J connectivity index is 1.57. The van der Waals surface area contributed by atoms with E-state index in [0.29, 0.717) is 21.9 Å². The van der Waals surface area contributed by atoms with Gasteiger partial charge in [-0.25, -0.2) is 8.42 Å². The van der Waals surface area contributed by atoms with E-state index in [-0.39, 0.29) is 10.8 Å². The number of carbonyl (C=O) groups excluding carboxylic acids is 1. The molecule has 3 aromatic carbocycles. The van der Waals surface area contributed by atoms with E-state index in [1.807, 2.05) is 56.3 Å². The van der Waals surface area contributed by atoms with E-state index in [0.717, 1.165) is 15.4 Å². The predicted molar refractivity (Wildman–Crippen MR) is 139 cm³/mol. The lowest BCUT2D eigenvalue weighted by atomic mass is 9.99. The number of halogens is 1. The number of amides is 1. The number of nitrogens with one attached hydrogen (secondary N) is 2. The number of nitrogens with zero attached hydrogens (tertiary/aromatic N) is 2. The first kappa shape index (κ1) is 24.5. The van der Waals surface area contributed by atoms with Crippen LogP contribution in [0.25, 0.3) is 21.3 Å². The van der Waals surface area contributed by atoms with Crippen molar-refractivity contribution in [3.8, 4) is 10.6 Å². The fourth-order valence-electron chi connectivity index (χ4n) is 3.49. The minimum Gasteiger partial charge on any atom is -0.299 e. The zero-order valence-corrected chi connectivity index (χ0v) is 21.7. The van der Waals surface area contributed by atoms with Crippen LogP contribution in [0.3, 0.4) is 0 Å². The SMILES string of the molecule is CC[C@H](C)[C@H](NS(=O)(=O)c1cccc2ccccc12)C(=O)Nc1nnc(-c2ccc(Br)cc2)s1. The Morgan fingerprint density at radius 3 is 2.47 bits per heavy atom. The van der Waals surface area contributed by atoms with E-state index >= 15 is 0 Å². The molecule has 1 aromatic heterocycles. The second-order valence-electron chi connectivity index (χ2n) is 7.87. The van der Waals surface area contributed by atoms with Crippen LogP contribution in [0.15, 0.2) is 76.1 Å². The molecule has 1 amide bonds. The number of hydrogen-bond acceptors (Lipinski definition) is 6. The van der Waals surface area contributed by atoms with Crippen LogP contribution in [0.4, 0.5) is 5.13 Å². The Bertz CT molecular complexity index is 1420. The maximum atomic E-state index is 13.3. The molecule has 0 spiro atoms. The standard InChI is InChI=1S/C24H23BrN4O3S2/c1-3-15(2)21(29-34(31,32)20-10-6-8-16-7-4-5-9-19(16)20)22(30)26-24-28-27-23(33-24)17-11-13-18(25)14-12-17/h4-15,21,29H,3H2,1-2H3,(H,26,28,30)/t15-,21-/m0/s1. The highest BCUT2D eigenvalue weighted by atomic mass is 79.9. The zero-order chi connectivity index (χ0) is 24.3. The average molecular weight is 560 g/mol. The lowest BCUT2D eigenvalue weighted by Gasteiger charge is -2.23. The smallest absolute Gasteiger partial charge is 0.244 e. The van der Waals surface area contributed by atoms with Crippen LogP contribution < -0.4 is 10.0 Å². The lowest BCUT2D eigenvalue weighted by molar-refractivity contribution is -0.118. The molecule has 0 saturated heterocycles. The quantitative estimate of drug-likeness (QED) is 0.299. The molecular weight excluding hydrogens is 536 g/mol. The Kier molecular flexibility index (Phi) is 7.42. The molecule has 0 radical (unpaired) electrons. The van der Waals surface area contributed by atoms with E-state index in [2.05, 4.69) is 36.2 Å². The van der Waals surface area contributed by atoms with E-state index in [9.17, 15) is 13.2 Å². The number of hydrogen-bond donors (Lipinski definition) is 2. The monoisotopic (exact) mass is 558 g/mol. The molecule has 34 heavy (non-hydrogen) atoms. The molecule has 7 nitrogen and oxygen atoms in total. The van der Waals surface area contributed by atoms with Crippen LogP contribution in [0.1, 0.15) is 20.3 Å². The van der Waals surface area contributed by atoms with Crippen LogP contribution in [0, 0.1) is 5.92 Å². The van der Waals surface area contributed by atoms with Gasteiger partial charge in [-0.3, -0.25) is 10.1 Å². The molecule has 176 valence electrons. The first-order chi connectivity index (χ1) is 16.3. The summed E-state index contributed by atoms with van der Waals surface area (Å²) in [6.07, 6.45) is 0.608. The highest BCUT2D eigenvalue weighted by molar-refractivity contribution is 9.10. The van der Waals surface area contributed by atoms with E-state index in [4.69, 9.17) is 0 Å². The normalized spacial score (nSPS) is 13.5. The van der Waals surface area contributed by atoms with Crippen LogP contribution >= 0.6 is 27.3 Å². The third kappa shape index (κ3) is 5.35. The second kappa shape index (κ2) is 10.3. The molecule has 2 atom stereocenters. The van der Waals surface area contributed by atoms with Crippen molar-refractivity contribution in [2.45, 2.75) is 31.2 Å². The summed E-state index contributed by atoms with van der Waals surface area (Å²) in [6.45, 7) is 3.75. The van der Waals surface area contributed by atoms with Crippen molar-refractivity contribution in [1.29, 1.82) is 0 Å². The number of rotatable bonds is 8. The third-order valence-electron chi connectivity index (χ3n) is 5.56. The van der Waals surface area contributed by atoms with Gasteiger partial charge in [0.1, 0.15) is 11.0 Å². The van der Waals surface area contributed by atoms with Crippen molar-refractivity contribution in [3.05, 3.63) is 71.2 Å². The van der Waals surface area contributed by atoms with Gasteiger partial charge in [-0.2, -0.15) is 4.72 Å². The van der Waals surface area contributed by atoms with Crippen molar-refractivity contribution in [3.63, 3.8) is 0 Å². The number of carbonyl (C=O) groups is 1. The molecule has 0 fully saturated rings. The van der Waals surface area contributed by atoms with Gasteiger partial charge in [-0.15, -0.1) is 10.2 Å². The lowest BCUT2D eigenvalue weighted by Crippen LogP contribution is -2.47. The number of aromatic nitrogens is 2. The molecule has 1 heterocycles. The van der Waals surface area contributed by atoms with Gasteiger partial charge in [0.15, 0.2) is 0 Å². The molecule has 0 aliphatic carbocycles. The summed E-state index contributed by atoms with van der Waals surface area (Å²) < 4.78 is 30.2. The second-order valence-corrected chi connectivity index (χ2v) is 11.4. The summed E-state index contributed by atoms with van der Waals surface area (Å²) >= 11 is 4.63. The zero-order valence-electron chi connectivity index (χ0n) is 18.5. The summed E-state index contributed by atoms with van der Waals surface area (Å²) in [5.74, 6) is -0.722. The van der Waals surface area contributed by atoms with Crippen LogP contribution in [-0.4, -0.2) is 30.6 Å². The maximum Gasteiger partial charge on any atom is 0.244 e. The minimum absolute atomic E-state index is 0.139. The summed E-state index contributed by atoms with van der Waals surface area (Å²) in [7, 11) is -3.97. The Morgan fingerprint density at radius 2 is 1.74 bits per heavy atom. The van der Waals surface area contributed by atoms with Crippen molar-refractivity contribution in [2.75, 3.05) is 5.32 Å². The van der Waals surface area contributed by atoms with E-state index < -0.39 is 22.0 Å². The van der Waals surface area contributed by atoms with Gasteiger partial charge in [-0.1, -0.05) is 96.1 Å². The van der Waals surface area contributed by atoms with Crippen molar-refractivity contribution >= 4 is 59.1 Å². The topological polar surface area (TPSA) is 101 Å². The predicted octanol–water partition coefficient (Wildman–Crippen LogP) is 5.45. The summed E-state index contributed by atoms with van der Waals surface area (Å²) in [6, 6.07) is 19.0. The van der Waals surface area contributed by atoms with Gasteiger partial charge in [0.05, 0.1) is 4.90 Å². The summed E-state index contributed by atoms with van der Waals surface area (Å²) in [4.78, 5) is 13.3. The maximum absolute atomic E-state index is 13.3. The van der Waals surface area contributed by atoms with Gasteiger partial charge >= 0.3 is 0 Å². The fraction of sp³-hybridized carbons (Fsp3) is 0.208. The summed E-state index contributed by atoms with van der Waals surface area (Å²) in [5.41, 5.74) is 0.872. The molecule has 0 aliphatic heterocycles. The molecule has 4 aromatic rings. The fourth-order valence-corrected chi connectivity index (χ4v) is 6.04. The van der Waals surface area contributed by atoms with Gasteiger partial charge in [0.2, 0.25) is 21.1 Å². The largest absolute Gasteiger partial charge is 0.299 e. The highest BCUT2D eigenvalue weighted by Crippen LogP contribution is 2.28. The molecular formula is C24H23BrN4O3S2. The number of anilines is 1. The van der Waals surface area contributed by atoms with Gasteiger partial charge in [0, 0.05) is 15.4 Å². The molecule has 10 heteroatoms.